The number of fused-ring (bicyclic) bond motifs is 4. The highest BCUT2D eigenvalue weighted by Crippen LogP contribution is 2.50. The molecule has 2 fully saturated rings. The zero-order chi connectivity index (χ0) is 83.6. The molecule has 8 heteroatoms. The molecule has 6 unspecified atom stereocenters. The minimum Gasteiger partial charge on any atom is -0.465 e. The number of methoxy groups -OCH3 is 1. The molecule has 4 aliphatic rings. The fraction of sp³-hybridized carbons (Fsp3) is 0.362. The van der Waals surface area contributed by atoms with Gasteiger partial charge in [-0.25, -0.2) is 0 Å². The first-order chi connectivity index (χ1) is 61.2. The molecule has 1 aliphatic carbocycles. The van der Waals surface area contributed by atoms with Crippen LogP contribution in [0.3, 0.4) is 0 Å². The number of allylic oxidation sites excluding steroid dienone is 5. The fourth-order valence-corrected chi connectivity index (χ4v) is 21.4. The van der Waals surface area contributed by atoms with E-state index < -0.39 is 25.2 Å². The largest absolute Gasteiger partial charge is 0.465 e. The van der Waals surface area contributed by atoms with Crippen LogP contribution in [0, 0.1) is 5.92 Å². The Morgan fingerprint density at radius 1 is 0.331 bits per heavy atom. The standard InChI is InChI=1S/C116H120O8/c1-6-10-14-18-22-26-32-74-54-78-38-46-86-62-94(63-87-47-39-79(55-74)104(78)108(86)87)113(117-5)121-101-37-31-30-36-99-71-100(120-115(119-99)96-66-90-50-42-82-58-76(34-28-24-20-16-12-8-3)59-83-43-51-91(67-96)110(90)106(82)83)70-98-73-118-114(95-64-88-48-40-80-56-75(33-27-23-19-15-11-7-2)57-81-41-49-89(65-95)109(88)105(80)81)124-112(98)103-72-102(101)122-116(123-103)97-68-92-52-44-84-60-77(35-29-25-21-17-13-9-4)61-85-45-53-93(69-97)111(92)107(84)85/h30-31,36-69,72,98,100,113-116H,6-29,32-35,70-71,73H2,1-5H3/b31-30-,99-36+,101-37?,112-103-. The van der Waals surface area contributed by atoms with Crippen LogP contribution < -0.4 is 0 Å². The van der Waals surface area contributed by atoms with Crippen molar-refractivity contribution in [1.82, 2.24) is 0 Å². The number of benzene rings is 16. The highest BCUT2D eigenvalue weighted by atomic mass is 16.7. The van der Waals surface area contributed by atoms with E-state index in [1.54, 1.807) is 7.11 Å². The Morgan fingerprint density at radius 2 is 0.653 bits per heavy atom. The first kappa shape index (κ1) is 81.6. The van der Waals surface area contributed by atoms with Crippen LogP contribution in [-0.4, -0.2) is 19.8 Å². The average Bonchev–Trinajstić information content (AvgIpc) is 0.747. The Bertz CT molecular complexity index is 6420. The van der Waals surface area contributed by atoms with Gasteiger partial charge in [0.2, 0.25) is 18.9 Å². The number of ether oxygens (including phenoxy) is 8. The summed E-state index contributed by atoms with van der Waals surface area (Å²) in [6.45, 7) is 9.47. The lowest BCUT2D eigenvalue weighted by Gasteiger charge is -2.39. The molecular formula is C116H120O8. The fourth-order valence-electron chi connectivity index (χ4n) is 21.4. The molecule has 3 aliphatic heterocycles. The number of aryl methyl sites for hydroxylation is 4. The van der Waals surface area contributed by atoms with Gasteiger partial charge in [0.15, 0.2) is 17.3 Å². The van der Waals surface area contributed by atoms with Crippen molar-refractivity contribution in [3.05, 3.63) is 298 Å². The van der Waals surface area contributed by atoms with Crippen LogP contribution in [0.25, 0.3) is 129 Å². The van der Waals surface area contributed by atoms with Crippen molar-refractivity contribution in [1.29, 1.82) is 0 Å². The number of hydrogen-bond donors (Lipinski definition) is 0. The highest BCUT2D eigenvalue weighted by molar-refractivity contribution is 6.27. The van der Waals surface area contributed by atoms with Crippen molar-refractivity contribution in [3.8, 4) is 0 Å². The quantitative estimate of drug-likeness (QED) is 0.0221. The third-order valence-corrected chi connectivity index (χ3v) is 27.7. The molecule has 124 heavy (non-hydrogen) atoms. The summed E-state index contributed by atoms with van der Waals surface area (Å²) in [6.07, 6.45) is 42.6. The van der Waals surface area contributed by atoms with E-state index in [9.17, 15) is 0 Å². The van der Waals surface area contributed by atoms with Gasteiger partial charge in [-0.05, 0) is 270 Å². The van der Waals surface area contributed by atoms with E-state index >= 15 is 0 Å². The van der Waals surface area contributed by atoms with Crippen molar-refractivity contribution in [2.75, 3.05) is 13.7 Å². The van der Waals surface area contributed by atoms with Crippen LogP contribution in [0.1, 0.15) is 264 Å². The third-order valence-electron chi connectivity index (χ3n) is 27.7. The van der Waals surface area contributed by atoms with Crippen LogP contribution in [-0.2, 0) is 63.6 Å². The van der Waals surface area contributed by atoms with Crippen LogP contribution >= 0.6 is 0 Å². The molecule has 0 N–H and O–H groups in total. The maximum atomic E-state index is 7.71. The molecule has 0 amide bonds. The molecule has 0 saturated carbocycles. The SMILES string of the molecule is CCCCCCCCc1cc2ccc3cc(C(OC)OC4=C/C=C\C=C5/CC(CC6COC(c7cc8ccc9cc(CCCCCCCC)cc%10ccc(c7)c8c9%10)O/C6=C6/C=C4OC(c4cc7ccc8cc(CCCCCCCC)cc9ccc(c4)c7c89)O6)OC(c4cc6ccc7cc(CCCCCCCC)cc8ccc(c4)c6c78)O5)cc4ccc(c1)c2c34. The second kappa shape index (κ2) is 36.8. The molecule has 0 aromatic heterocycles. The van der Waals surface area contributed by atoms with Crippen LogP contribution in [0.5, 0.6) is 0 Å². The maximum absolute atomic E-state index is 7.71. The Labute approximate surface area is 731 Å². The Hall–Kier alpha value is -10.7. The second-order valence-corrected chi connectivity index (χ2v) is 36.8. The van der Waals surface area contributed by atoms with Crippen molar-refractivity contribution < 1.29 is 37.9 Å². The summed E-state index contributed by atoms with van der Waals surface area (Å²) in [5.74, 6) is 2.48. The lowest BCUT2D eigenvalue weighted by molar-refractivity contribution is -0.210. The monoisotopic (exact) mass is 1640 g/mol. The van der Waals surface area contributed by atoms with Gasteiger partial charge in [-0.3, -0.25) is 0 Å². The van der Waals surface area contributed by atoms with E-state index in [4.69, 9.17) is 37.9 Å². The van der Waals surface area contributed by atoms with E-state index in [0.717, 1.165) is 96.8 Å². The van der Waals surface area contributed by atoms with Gasteiger partial charge in [-0.1, -0.05) is 314 Å². The number of hydrogen-bond acceptors (Lipinski definition) is 8. The molecule has 8 nitrogen and oxygen atoms in total. The molecule has 20 rings (SSSR count). The van der Waals surface area contributed by atoms with Gasteiger partial charge in [0.05, 0.1) is 12.7 Å². The molecule has 4 bridgehead atoms. The van der Waals surface area contributed by atoms with Gasteiger partial charge in [-0.15, -0.1) is 0 Å². The molecule has 0 radical (unpaired) electrons. The van der Waals surface area contributed by atoms with Crippen LogP contribution in [0.15, 0.2) is 253 Å². The normalized spacial score (nSPS) is 19.3. The van der Waals surface area contributed by atoms with Crippen LogP contribution in [0.4, 0.5) is 0 Å². The van der Waals surface area contributed by atoms with E-state index in [-0.39, 0.29) is 12.0 Å². The van der Waals surface area contributed by atoms with Gasteiger partial charge in [0, 0.05) is 47.8 Å². The van der Waals surface area contributed by atoms with Crippen molar-refractivity contribution in [3.63, 3.8) is 0 Å². The second-order valence-electron chi connectivity index (χ2n) is 36.8. The lowest BCUT2D eigenvalue weighted by atomic mass is 9.90. The summed E-state index contributed by atoms with van der Waals surface area (Å²) < 4.78 is 58.7. The van der Waals surface area contributed by atoms with Crippen molar-refractivity contribution in [2.24, 2.45) is 5.92 Å². The summed E-state index contributed by atoms with van der Waals surface area (Å²) in [4.78, 5) is 0. The molecular weight excluding hydrogens is 1520 g/mol. The highest BCUT2D eigenvalue weighted by Gasteiger charge is 2.40. The summed E-state index contributed by atoms with van der Waals surface area (Å²) in [5, 5.41) is 29.5. The van der Waals surface area contributed by atoms with Crippen molar-refractivity contribution >= 4 is 129 Å². The molecule has 2 saturated heterocycles. The Morgan fingerprint density at radius 3 is 1.02 bits per heavy atom. The summed E-state index contributed by atoms with van der Waals surface area (Å²) >= 11 is 0. The molecule has 16 aromatic rings. The topological polar surface area (TPSA) is 73.8 Å². The predicted molar refractivity (Wildman–Crippen MR) is 516 cm³/mol. The maximum Gasteiger partial charge on any atom is 0.268 e. The average molecular weight is 1640 g/mol. The number of unbranched alkanes of at least 4 members (excludes halogenated alkanes) is 20. The Balaban J connectivity index is 0.691. The zero-order valence-electron chi connectivity index (χ0n) is 73.5. The van der Waals surface area contributed by atoms with Gasteiger partial charge in [-0.2, -0.15) is 0 Å². The molecule has 0 spiro atoms. The molecule has 16 aromatic carbocycles. The summed E-state index contributed by atoms with van der Waals surface area (Å²) in [6, 6.07) is 74.4. The smallest absolute Gasteiger partial charge is 0.268 e. The van der Waals surface area contributed by atoms with Gasteiger partial charge >= 0.3 is 0 Å². The summed E-state index contributed by atoms with van der Waals surface area (Å²) in [7, 11) is 1.73. The van der Waals surface area contributed by atoms with E-state index in [2.05, 4.69) is 234 Å². The van der Waals surface area contributed by atoms with Gasteiger partial charge in [0.1, 0.15) is 11.5 Å². The molecule has 632 valence electrons. The van der Waals surface area contributed by atoms with E-state index in [1.807, 2.05) is 18.2 Å². The lowest BCUT2D eigenvalue weighted by Crippen LogP contribution is -2.34. The van der Waals surface area contributed by atoms with Crippen LogP contribution in [0.2, 0.25) is 0 Å². The Kier molecular flexibility index (Phi) is 24.2. The van der Waals surface area contributed by atoms with E-state index in [1.165, 1.54) is 263 Å². The van der Waals surface area contributed by atoms with E-state index in [0.29, 0.717) is 42.5 Å². The minimum absolute atomic E-state index is 0.307. The number of rotatable bonds is 35. The molecule has 3 heterocycles. The first-order valence-corrected chi connectivity index (χ1v) is 47.7. The van der Waals surface area contributed by atoms with Crippen molar-refractivity contribution in [2.45, 2.75) is 252 Å². The zero-order valence-corrected chi connectivity index (χ0v) is 73.5. The molecule has 6 atom stereocenters. The van der Waals surface area contributed by atoms with Gasteiger partial charge < -0.3 is 37.9 Å². The predicted octanol–water partition coefficient (Wildman–Crippen LogP) is 33.0. The van der Waals surface area contributed by atoms with Gasteiger partial charge in [0.25, 0.3) is 6.29 Å². The minimum atomic E-state index is -0.976. The summed E-state index contributed by atoms with van der Waals surface area (Å²) in [5.41, 5.74) is 9.24. The third kappa shape index (κ3) is 16.9. The first-order valence-electron chi connectivity index (χ1n) is 47.7.